The summed E-state index contributed by atoms with van der Waals surface area (Å²) in [7, 11) is 0. The largest absolute Gasteiger partial charge is 0.416 e. The first-order chi connectivity index (χ1) is 18.1. The van der Waals surface area contributed by atoms with Gasteiger partial charge in [0.05, 0.1) is 11.3 Å². The number of benzene rings is 1. The Morgan fingerprint density at radius 1 is 1.08 bits per heavy atom. The highest BCUT2D eigenvalue weighted by Crippen LogP contribution is 2.38. The second-order valence-corrected chi connectivity index (χ2v) is 11.1. The second kappa shape index (κ2) is 12.2. The van der Waals surface area contributed by atoms with Gasteiger partial charge in [0, 0.05) is 37.3 Å². The molecule has 1 aromatic carbocycles. The van der Waals surface area contributed by atoms with E-state index in [4.69, 9.17) is 0 Å². The van der Waals surface area contributed by atoms with Gasteiger partial charge in [-0.2, -0.15) is 13.2 Å². The van der Waals surface area contributed by atoms with E-state index in [9.17, 15) is 23.1 Å². The number of hydrogen-bond donors (Lipinski definition) is 2. The van der Waals surface area contributed by atoms with Crippen molar-refractivity contribution >= 4 is 5.91 Å². The number of rotatable bonds is 4. The molecular formula is C30H40F3N3O2. The lowest BCUT2D eigenvalue weighted by molar-refractivity contribution is -0.137. The number of halogens is 3. The highest BCUT2D eigenvalue weighted by atomic mass is 19.4. The Bertz CT molecular complexity index is 1070. The summed E-state index contributed by atoms with van der Waals surface area (Å²) < 4.78 is 39.4. The molecule has 0 spiro atoms. The fourth-order valence-electron chi connectivity index (χ4n) is 6.03. The van der Waals surface area contributed by atoms with Crippen LogP contribution in [0.4, 0.5) is 13.2 Å². The van der Waals surface area contributed by atoms with Crippen LogP contribution in [0, 0.1) is 5.92 Å². The monoisotopic (exact) mass is 531 g/mol. The average molecular weight is 532 g/mol. The number of hydrogen-bond acceptors (Lipinski definition) is 4. The van der Waals surface area contributed by atoms with Crippen LogP contribution in [0.3, 0.4) is 0 Å². The number of pyridine rings is 1. The van der Waals surface area contributed by atoms with E-state index < -0.39 is 17.3 Å². The van der Waals surface area contributed by atoms with E-state index in [0.29, 0.717) is 37.4 Å². The van der Waals surface area contributed by atoms with Gasteiger partial charge in [0.1, 0.15) is 5.60 Å². The van der Waals surface area contributed by atoms with E-state index in [1.54, 1.807) is 17.2 Å². The van der Waals surface area contributed by atoms with Crippen LogP contribution < -0.4 is 5.32 Å². The highest BCUT2D eigenvalue weighted by molar-refractivity contribution is 5.79. The number of carbonyl (C=O) groups excluding carboxylic acids is 1. The van der Waals surface area contributed by atoms with Crippen LogP contribution in [-0.2, 0) is 29.5 Å². The van der Waals surface area contributed by atoms with Gasteiger partial charge in [-0.15, -0.1) is 0 Å². The summed E-state index contributed by atoms with van der Waals surface area (Å²) in [6.07, 6.45) is 4.67. The van der Waals surface area contributed by atoms with Crippen molar-refractivity contribution in [2.45, 2.75) is 102 Å². The fraction of sp³-hybridized carbons (Fsp3) is 0.600. The summed E-state index contributed by atoms with van der Waals surface area (Å²) in [5.41, 5.74) is 0.712. The van der Waals surface area contributed by atoms with Crippen LogP contribution in [-0.4, -0.2) is 39.5 Å². The number of fused-ring (bicyclic) bond motifs is 1. The van der Waals surface area contributed by atoms with Crippen molar-refractivity contribution in [1.82, 2.24) is 15.2 Å². The molecule has 5 rings (SSSR count). The van der Waals surface area contributed by atoms with Crippen LogP contribution >= 0.6 is 0 Å². The second-order valence-electron chi connectivity index (χ2n) is 11.1. The average Bonchev–Trinajstić information content (AvgIpc) is 3.38. The number of amides is 1. The van der Waals surface area contributed by atoms with Gasteiger partial charge in [-0.1, -0.05) is 32.4 Å². The lowest BCUT2D eigenvalue weighted by atomic mass is 9.79. The van der Waals surface area contributed by atoms with E-state index in [-0.39, 0.29) is 24.4 Å². The Morgan fingerprint density at radius 3 is 2.47 bits per heavy atom. The van der Waals surface area contributed by atoms with Gasteiger partial charge in [0.15, 0.2) is 0 Å². The molecule has 38 heavy (non-hydrogen) atoms. The standard InChI is InChI=1S/C27H32F3N3O2.C3H8/c28-27(29,30)21-6-4-18-10-14-33(17-20(18)15-21)25(34)19-5-7-23(16-19)32-22-8-11-26(35,12-9-22)24-3-1-2-13-31-24;1-3-2/h1-4,6,13,15,19,22-23,32,35H,5,7-12,14,16-17H2;3H2,1-2H3/t19-,22?,23+,26?;/m0./s1. The molecule has 208 valence electrons. The Labute approximate surface area is 223 Å². The molecule has 2 heterocycles. The minimum absolute atomic E-state index is 0.0607. The number of alkyl halides is 3. The fourth-order valence-corrected chi connectivity index (χ4v) is 6.03. The van der Waals surface area contributed by atoms with Crippen LogP contribution in [0.2, 0.25) is 0 Å². The molecule has 2 aromatic rings. The molecule has 0 bridgehead atoms. The van der Waals surface area contributed by atoms with E-state index in [1.807, 2.05) is 18.2 Å². The van der Waals surface area contributed by atoms with Crippen molar-refractivity contribution in [2.75, 3.05) is 6.54 Å². The Morgan fingerprint density at radius 2 is 1.82 bits per heavy atom. The number of nitrogens with one attached hydrogen (secondary N) is 1. The van der Waals surface area contributed by atoms with Gasteiger partial charge in [-0.25, -0.2) is 0 Å². The predicted octanol–water partition coefficient (Wildman–Crippen LogP) is 5.99. The van der Waals surface area contributed by atoms with Crippen LogP contribution in [0.25, 0.3) is 0 Å². The van der Waals surface area contributed by atoms with Crippen LogP contribution in [0.1, 0.15) is 87.6 Å². The van der Waals surface area contributed by atoms with E-state index >= 15 is 0 Å². The van der Waals surface area contributed by atoms with Gasteiger partial charge >= 0.3 is 6.18 Å². The van der Waals surface area contributed by atoms with Gasteiger partial charge in [0.2, 0.25) is 5.91 Å². The summed E-state index contributed by atoms with van der Waals surface area (Å²) in [5, 5.41) is 14.7. The summed E-state index contributed by atoms with van der Waals surface area (Å²) >= 11 is 0. The normalized spacial score (nSPS) is 27.3. The maximum atomic E-state index is 13.2. The van der Waals surface area contributed by atoms with Crippen LogP contribution in [0.5, 0.6) is 0 Å². The quantitative estimate of drug-likeness (QED) is 0.509. The summed E-state index contributed by atoms with van der Waals surface area (Å²) in [4.78, 5) is 19.3. The van der Waals surface area contributed by atoms with E-state index in [2.05, 4.69) is 24.1 Å². The van der Waals surface area contributed by atoms with Crippen molar-refractivity contribution < 1.29 is 23.1 Å². The summed E-state index contributed by atoms with van der Waals surface area (Å²) in [6.45, 7) is 5.06. The molecule has 0 saturated heterocycles. The molecule has 0 unspecified atom stereocenters. The lowest BCUT2D eigenvalue weighted by Gasteiger charge is -2.37. The molecule has 8 heteroatoms. The molecule has 1 aliphatic heterocycles. The zero-order valence-corrected chi connectivity index (χ0v) is 22.4. The molecule has 0 radical (unpaired) electrons. The SMILES string of the molecule is CCC.O=C([C@H]1CC[C@@H](NC2CCC(O)(c3ccccn3)CC2)C1)N1CCc2ccc(C(F)(F)F)cc2C1. The number of aromatic nitrogens is 1. The van der Waals surface area contributed by atoms with E-state index in [0.717, 1.165) is 49.4 Å². The molecule has 2 aliphatic carbocycles. The maximum Gasteiger partial charge on any atom is 0.416 e. The van der Waals surface area contributed by atoms with Gasteiger partial charge in [-0.3, -0.25) is 9.78 Å². The van der Waals surface area contributed by atoms with Crippen molar-refractivity contribution in [2.24, 2.45) is 5.92 Å². The molecule has 1 amide bonds. The predicted molar refractivity (Wildman–Crippen MR) is 141 cm³/mol. The minimum Gasteiger partial charge on any atom is -0.384 e. The van der Waals surface area contributed by atoms with Crippen molar-refractivity contribution in [3.05, 3.63) is 65.0 Å². The molecule has 2 atom stereocenters. The van der Waals surface area contributed by atoms with Crippen molar-refractivity contribution in [3.8, 4) is 0 Å². The number of nitrogens with zero attached hydrogens (tertiary/aromatic N) is 2. The third-order valence-electron chi connectivity index (χ3n) is 8.07. The zero-order chi connectivity index (χ0) is 27.3. The number of aliphatic hydroxyl groups is 1. The maximum absolute atomic E-state index is 13.2. The first kappa shape index (κ1) is 28.6. The van der Waals surface area contributed by atoms with Crippen molar-refractivity contribution in [3.63, 3.8) is 0 Å². The molecule has 2 N–H and O–H groups in total. The topological polar surface area (TPSA) is 65.5 Å². The zero-order valence-electron chi connectivity index (χ0n) is 22.4. The Hall–Kier alpha value is -2.45. The van der Waals surface area contributed by atoms with Gasteiger partial charge < -0.3 is 15.3 Å². The first-order valence-electron chi connectivity index (χ1n) is 14.0. The molecule has 2 saturated carbocycles. The molecule has 3 aliphatic rings. The van der Waals surface area contributed by atoms with Crippen molar-refractivity contribution in [1.29, 1.82) is 0 Å². The molecule has 5 nitrogen and oxygen atoms in total. The molecule has 1 aromatic heterocycles. The minimum atomic E-state index is -4.38. The number of carbonyl (C=O) groups is 1. The lowest BCUT2D eigenvalue weighted by Crippen LogP contribution is -2.44. The summed E-state index contributed by atoms with van der Waals surface area (Å²) in [5.74, 6) is -0.0283. The highest BCUT2D eigenvalue weighted by Gasteiger charge is 2.39. The Balaban J connectivity index is 0.00000107. The Kier molecular flexibility index (Phi) is 9.14. The molecule has 2 fully saturated rings. The molecular weight excluding hydrogens is 491 g/mol. The third kappa shape index (κ3) is 6.75. The smallest absolute Gasteiger partial charge is 0.384 e. The summed E-state index contributed by atoms with van der Waals surface area (Å²) in [6, 6.07) is 10.1. The van der Waals surface area contributed by atoms with Crippen LogP contribution in [0.15, 0.2) is 42.6 Å². The first-order valence-corrected chi connectivity index (χ1v) is 14.0. The van der Waals surface area contributed by atoms with E-state index in [1.165, 1.54) is 12.5 Å². The van der Waals surface area contributed by atoms with Gasteiger partial charge in [-0.05, 0) is 86.8 Å². The third-order valence-corrected chi connectivity index (χ3v) is 8.07. The van der Waals surface area contributed by atoms with Gasteiger partial charge in [0.25, 0.3) is 0 Å².